The summed E-state index contributed by atoms with van der Waals surface area (Å²) in [6.07, 6.45) is 9.17. The Labute approximate surface area is 491 Å². The third-order valence-corrected chi connectivity index (χ3v) is 11.9. The molecule has 28 nitrogen and oxygen atoms in total. The molecule has 0 unspecified atom stereocenters. The number of carbonyl (C=O) groups excluding carboxylic acids is 6. The zero-order chi connectivity index (χ0) is 61.1. The minimum Gasteiger partial charge on any atom is -0.460 e. The maximum Gasteiger partial charge on any atom is 0.312 e. The number of anilines is 1. The number of carbonyl (C=O) groups is 6. The smallest absolute Gasteiger partial charge is 0.312 e. The number of amides is 6. The molecule has 0 spiro atoms. The van der Waals surface area contributed by atoms with Gasteiger partial charge in [-0.05, 0) is 57.7 Å². The van der Waals surface area contributed by atoms with E-state index >= 15 is 0 Å². The molecule has 0 aliphatic carbocycles. The Kier molecular flexibility index (Phi) is 36.6. The van der Waals surface area contributed by atoms with Gasteiger partial charge in [-0.3, -0.25) is 28.7 Å². The Hall–Kier alpha value is -6.72. The van der Waals surface area contributed by atoms with Gasteiger partial charge in [-0.15, -0.1) is 0 Å². The van der Waals surface area contributed by atoms with Crippen molar-refractivity contribution in [1.29, 1.82) is 0 Å². The van der Waals surface area contributed by atoms with Crippen LogP contribution in [0.1, 0.15) is 69.6 Å². The summed E-state index contributed by atoms with van der Waals surface area (Å²) >= 11 is 0. The lowest BCUT2D eigenvalue weighted by Gasteiger charge is -2.19. The zero-order valence-electron chi connectivity index (χ0n) is 48.6. The number of esters is 1. The van der Waals surface area contributed by atoms with Crippen LogP contribution in [0.4, 0.5) is 10.5 Å². The number of rotatable bonds is 46. The highest BCUT2D eigenvalue weighted by molar-refractivity contribution is 7.90. The first-order valence-electron chi connectivity index (χ1n) is 27.5. The standard InChI is InChI=1S/C55H84N10O18S/c1-55(2,3)52(70)83-40-43-12-14-46(15-13-43)63-51(69)47(10-8-16-58-53(56)71)64-50(68)42-82-41-49(67)57-17-19-74-21-23-76-25-27-78-29-31-80-33-34-81-32-30-79-28-26-77-24-22-75-20-18-65-39-45(38-62-65)37-59-48(66)11-7-5-6-9-44-35-60-54(61-36-44)84(4,72)73/h12-15,35-36,38-39,47H,5,7-8,10-11,16-34,37,40-42H2,1-4H3,(H,57,67)(H,59,66)(H,63,69)(H,64,68)(H3,56,58,71)/t47-/m0/s1. The van der Waals surface area contributed by atoms with Crippen molar-refractivity contribution in [3.63, 3.8) is 0 Å². The lowest BCUT2D eigenvalue weighted by molar-refractivity contribution is -0.154. The topological polar surface area (TPSA) is 359 Å². The molecule has 7 N–H and O–H groups in total. The van der Waals surface area contributed by atoms with Crippen molar-refractivity contribution < 1.29 is 84.6 Å². The molecule has 0 radical (unpaired) electrons. The molecule has 468 valence electrons. The largest absolute Gasteiger partial charge is 0.460 e. The van der Waals surface area contributed by atoms with E-state index in [2.05, 4.69) is 53.5 Å². The van der Waals surface area contributed by atoms with Crippen molar-refractivity contribution in [1.82, 2.24) is 41.0 Å². The Morgan fingerprint density at radius 2 is 1.19 bits per heavy atom. The summed E-state index contributed by atoms with van der Waals surface area (Å²) in [5.74, 6) is 3.76. The fourth-order valence-corrected chi connectivity index (χ4v) is 7.12. The second-order valence-electron chi connectivity index (χ2n) is 19.4. The van der Waals surface area contributed by atoms with E-state index in [9.17, 15) is 37.2 Å². The lowest BCUT2D eigenvalue weighted by atomic mass is 9.97. The summed E-state index contributed by atoms with van der Waals surface area (Å²) in [6.45, 7) is 12.1. The highest BCUT2D eigenvalue weighted by Gasteiger charge is 2.24. The highest BCUT2D eigenvalue weighted by Crippen LogP contribution is 2.18. The predicted octanol–water partition coefficient (Wildman–Crippen LogP) is 0.842. The van der Waals surface area contributed by atoms with Crippen LogP contribution in [0.15, 0.2) is 54.2 Å². The van der Waals surface area contributed by atoms with Gasteiger partial charge in [0.2, 0.25) is 38.6 Å². The molecular formula is C55H84N10O18S. The molecule has 2 aromatic heterocycles. The van der Waals surface area contributed by atoms with Gasteiger partial charge in [0, 0.05) is 68.6 Å². The van der Waals surface area contributed by atoms with Crippen molar-refractivity contribution >= 4 is 51.2 Å². The average Bonchev–Trinajstić information content (AvgIpc) is 4.09. The quantitative estimate of drug-likeness (QED) is 0.0198. The Morgan fingerprint density at radius 3 is 1.74 bits per heavy atom. The highest BCUT2D eigenvalue weighted by atomic mass is 32.2. The molecule has 3 aromatic rings. The number of aromatic nitrogens is 4. The summed E-state index contributed by atoms with van der Waals surface area (Å²) in [4.78, 5) is 81.0. The first-order chi connectivity index (χ1) is 40.4. The Balaban J connectivity index is 1.04. The number of unbranched alkanes of at least 4 members (excludes halogenated alkanes) is 1. The van der Waals surface area contributed by atoms with Crippen molar-refractivity contribution in [3.8, 4) is 11.8 Å². The number of benzene rings is 1. The van der Waals surface area contributed by atoms with E-state index in [1.807, 2.05) is 6.20 Å². The van der Waals surface area contributed by atoms with Gasteiger partial charge in [-0.25, -0.2) is 23.2 Å². The summed E-state index contributed by atoms with van der Waals surface area (Å²) in [6, 6.07) is 4.97. The van der Waals surface area contributed by atoms with Crippen LogP contribution in [0.5, 0.6) is 0 Å². The first kappa shape index (κ1) is 71.5. The number of nitrogens with zero attached hydrogens (tertiary/aromatic N) is 4. The molecule has 84 heavy (non-hydrogen) atoms. The van der Waals surface area contributed by atoms with Gasteiger partial charge < -0.3 is 79.7 Å². The second-order valence-corrected chi connectivity index (χ2v) is 21.3. The number of ether oxygens (including phenoxy) is 10. The van der Waals surface area contributed by atoms with E-state index in [4.69, 9.17) is 53.1 Å². The van der Waals surface area contributed by atoms with Crippen LogP contribution in [0.25, 0.3) is 0 Å². The summed E-state index contributed by atoms with van der Waals surface area (Å²) < 4.78 is 79.4. The Morgan fingerprint density at radius 1 is 0.643 bits per heavy atom. The van der Waals surface area contributed by atoms with E-state index in [1.165, 1.54) is 12.4 Å². The molecule has 0 aliphatic rings. The summed E-state index contributed by atoms with van der Waals surface area (Å²) in [5, 5.41) is 17.4. The van der Waals surface area contributed by atoms with E-state index in [0.29, 0.717) is 149 Å². The monoisotopic (exact) mass is 1200 g/mol. The van der Waals surface area contributed by atoms with Crippen molar-refractivity contribution in [2.45, 2.75) is 83.8 Å². The molecule has 2 heterocycles. The van der Waals surface area contributed by atoms with Crippen LogP contribution in [0.2, 0.25) is 0 Å². The maximum atomic E-state index is 13.1. The number of sulfone groups is 1. The van der Waals surface area contributed by atoms with Gasteiger partial charge in [0.25, 0.3) is 0 Å². The third-order valence-electron chi connectivity index (χ3n) is 11.0. The number of hydrogen-bond donors (Lipinski definition) is 6. The molecule has 0 saturated carbocycles. The van der Waals surface area contributed by atoms with Crippen LogP contribution in [-0.2, 0) is 101 Å². The zero-order valence-corrected chi connectivity index (χ0v) is 49.4. The van der Waals surface area contributed by atoms with Crippen LogP contribution < -0.4 is 32.3 Å². The van der Waals surface area contributed by atoms with E-state index < -0.39 is 58.3 Å². The third kappa shape index (κ3) is 36.1. The maximum absolute atomic E-state index is 13.1. The van der Waals surface area contributed by atoms with Crippen molar-refractivity contribution in [2.75, 3.05) is 144 Å². The van der Waals surface area contributed by atoms with Gasteiger partial charge in [0.1, 0.15) is 25.9 Å². The number of urea groups is 1. The first-order valence-corrected chi connectivity index (χ1v) is 29.4. The van der Waals surface area contributed by atoms with Crippen molar-refractivity contribution in [3.05, 3.63) is 65.7 Å². The van der Waals surface area contributed by atoms with Gasteiger partial charge >= 0.3 is 12.0 Å². The molecular weight excluding hydrogens is 1120 g/mol. The molecule has 0 fully saturated rings. The van der Waals surface area contributed by atoms with Gasteiger partial charge in [-0.1, -0.05) is 24.0 Å². The molecule has 1 aromatic carbocycles. The fourth-order valence-electron chi connectivity index (χ4n) is 6.63. The molecule has 6 amide bonds. The molecule has 1 atom stereocenters. The minimum atomic E-state index is -3.47. The Bertz CT molecular complexity index is 2560. The molecule has 0 aliphatic heterocycles. The van der Waals surface area contributed by atoms with E-state index in [0.717, 1.165) is 17.4 Å². The summed E-state index contributed by atoms with van der Waals surface area (Å²) in [7, 11) is -3.47. The second kappa shape index (κ2) is 43.0. The number of nitrogens with one attached hydrogen (secondary N) is 5. The van der Waals surface area contributed by atoms with Gasteiger partial charge in [0.05, 0.1) is 129 Å². The van der Waals surface area contributed by atoms with Crippen LogP contribution in [-0.4, -0.2) is 208 Å². The number of nitrogens with two attached hydrogens (primary N) is 1. The number of hydrogen-bond acceptors (Lipinski definition) is 21. The van der Waals surface area contributed by atoms with Gasteiger partial charge in [0.15, 0.2) is 0 Å². The predicted molar refractivity (Wildman–Crippen MR) is 303 cm³/mol. The lowest BCUT2D eigenvalue weighted by Crippen LogP contribution is -2.46. The van der Waals surface area contributed by atoms with Crippen LogP contribution in [0.3, 0.4) is 0 Å². The molecule has 3 rings (SSSR count). The van der Waals surface area contributed by atoms with Crippen LogP contribution in [0, 0.1) is 17.3 Å². The summed E-state index contributed by atoms with van der Waals surface area (Å²) in [5.41, 5.74) is 7.02. The average molecular weight is 1210 g/mol. The minimum absolute atomic E-state index is 0.0711. The van der Waals surface area contributed by atoms with Crippen molar-refractivity contribution in [2.24, 2.45) is 11.1 Å². The van der Waals surface area contributed by atoms with E-state index in [1.54, 1.807) is 55.9 Å². The molecule has 0 saturated heterocycles. The number of primary amides is 1. The fraction of sp³-hybridized carbons (Fsp3) is 0.618. The normalized spacial score (nSPS) is 11.7. The molecule has 0 bridgehead atoms. The van der Waals surface area contributed by atoms with E-state index in [-0.39, 0.29) is 49.8 Å². The van der Waals surface area contributed by atoms with Gasteiger partial charge in [-0.2, -0.15) is 5.10 Å². The molecule has 29 heteroatoms. The van der Waals surface area contributed by atoms with Crippen LogP contribution >= 0.6 is 0 Å². The SMILES string of the molecule is CC(C)(C)C(=O)OCc1ccc(NC(=O)[C@H](CCCNC(N)=O)NC(=O)COCC(=O)NCCOCCOCCOCCOCCOCCOCCOCCOCCn2cc(CNC(=O)CCCC#Cc3cnc(S(C)(=O)=O)nc3)cn2)cc1.